The quantitative estimate of drug-likeness (QED) is 0.539. The summed E-state index contributed by atoms with van der Waals surface area (Å²) in [6.07, 6.45) is 5.52. The van der Waals surface area contributed by atoms with Crippen LogP contribution >= 0.6 is 0 Å². The summed E-state index contributed by atoms with van der Waals surface area (Å²) in [5.41, 5.74) is 1.24. The Morgan fingerprint density at radius 1 is 1.10 bits per heavy atom. The number of nitrogens with zero attached hydrogens (tertiary/aromatic N) is 1. The molecule has 0 bridgehead atoms. The Bertz CT molecular complexity index is 110. The van der Waals surface area contributed by atoms with Crippen molar-refractivity contribution in [1.82, 2.24) is 4.90 Å². The molecule has 0 N–H and O–H groups in total. The van der Waals surface area contributed by atoms with Gasteiger partial charge in [0.25, 0.3) is 0 Å². The SMILES string of the molecule is C=C(C)N1CCCCCC1. The molecule has 0 spiro atoms. The molecule has 1 rings (SSSR count). The van der Waals surface area contributed by atoms with Crippen LogP contribution in [0.15, 0.2) is 12.3 Å². The van der Waals surface area contributed by atoms with Crippen LogP contribution in [-0.4, -0.2) is 18.0 Å². The first-order chi connectivity index (χ1) is 4.80. The molecule has 1 aliphatic rings. The first-order valence-corrected chi connectivity index (χ1v) is 4.21. The molecule has 0 aliphatic carbocycles. The summed E-state index contributed by atoms with van der Waals surface area (Å²) in [5, 5.41) is 0. The molecule has 0 saturated carbocycles. The van der Waals surface area contributed by atoms with E-state index in [1.807, 2.05) is 0 Å². The molecule has 1 heterocycles. The van der Waals surface area contributed by atoms with Gasteiger partial charge in [-0.15, -0.1) is 0 Å². The van der Waals surface area contributed by atoms with Crippen molar-refractivity contribution in [2.24, 2.45) is 0 Å². The largest absolute Gasteiger partial charge is 0.376 e. The Hall–Kier alpha value is -0.460. The molecule has 0 aromatic carbocycles. The average molecular weight is 139 g/mol. The Morgan fingerprint density at radius 3 is 2.00 bits per heavy atom. The molecule has 1 nitrogen and oxygen atoms in total. The van der Waals surface area contributed by atoms with Gasteiger partial charge in [0.2, 0.25) is 0 Å². The molecular formula is C9H17N. The summed E-state index contributed by atoms with van der Waals surface area (Å²) < 4.78 is 0. The number of likely N-dealkylation sites (tertiary alicyclic amines) is 1. The van der Waals surface area contributed by atoms with Crippen LogP contribution in [0.4, 0.5) is 0 Å². The Morgan fingerprint density at radius 2 is 1.60 bits per heavy atom. The van der Waals surface area contributed by atoms with Gasteiger partial charge in [0.05, 0.1) is 0 Å². The predicted molar refractivity (Wildman–Crippen MR) is 44.9 cm³/mol. The van der Waals surface area contributed by atoms with Gasteiger partial charge in [-0.2, -0.15) is 0 Å². The maximum absolute atomic E-state index is 3.95. The summed E-state index contributed by atoms with van der Waals surface area (Å²) in [7, 11) is 0. The van der Waals surface area contributed by atoms with Gasteiger partial charge in [-0.05, 0) is 19.8 Å². The van der Waals surface area contributed by atoms with Crippen LogP contribution in [0.5, 0.6) is 0 Å². The van der Waals surface area contributed by atoms with Gasteiger partial charge in [0.1, 0.15) is 0 Å². The number of hydrogen-bond donors (Lipinski definition) is 0. The highest BCUT2D eigenvalue weighted by atomic mass is 15.1. The molecule has 0 unspecified atom stereocenters. The van der Waals surface area contributed by atoms with Crippen LogP contribution in [0.25, 0.3) is 0 Å². The third-order valence-electron chi connectivity index (χ3n) is 2.15. The number of rotatable bonds is 1. The summed E-state index contributed by atoms with van der Waals surface area (Å²) in [5.74, 6) is 0. The second-order valence-electron chi connectivity index (χ2n) is 3.14. The zero-order chi connectivity index (χ0) is 7.40. The highest BCUT2D eigenvalue weighted by Gasteiger charge is 2.06. The van der Waals surface area contributed by atoms with Crippen molar-refractivity contribution < 1.29 is 0 Å². The lowest BCUT2D eigenvalue weighted by Gasteiger charge is -2.21. The number of hydrogen-bond acceptors (Lipinski definition) is 1. The van der Waals surface area contributed by atoms with Crippen LogP contribution in [-0.2, 0) is 0 Å². The van der Waals surface area contributed by atoms with E-state index in [1.165, 1.54) is 44.5 Å². The van der Waals surface area contributed by atoms with Crippen LogP contribution in [0, 0.1) is 0 Å². The van der Waals surface area contributed by atoms with Crippen LogP contribution in [0.1, 0.15) is 32.6 Å². The van der Waals surface area contributed by atoms with E-state index in [0.29, 0.717) is 0 Å². The van der Waals surface area contributed by atoms with Crippen molar-refractivity contribution in [3.63, 3.8) is 0 Å². The second kappa shape index (κ2) is 3.65. The Balaban J connectivity index is 2.35. The average Bonchev–Trinajstić information content (AvgIpc) is 2.12. The second-order valence-corrected chi connectivity index (χ2v) is 3.14. The zero-order valence-electron chi connectivity index (χ0n) is 6.90. The van der Waals surface area contributed by atoms with Crippen LogP contribution in [0.2, 0.25) is 0 Å². The predicted octanol–water partition coefficient (Wildman–Crippen LogP) is 2.40. The lowest BCUT2D eigenvalue weighted by Crippen LogP contribution is -2.21. The first kappa shape index (κ1) is 7.64. The molecule has 0 amide bonds. The van der Waals surface area contributed by atoms with E-state index in [-0.39, 0.29) is 0 Å². The summed E-state index contributed by atoms with van der Waals surface area (Å²) in [6, 6.07) is 0. The molecule has 0 radical (unpaired) electrons. The van der Waals surface area contributed by atoms with E-state index in [4.69, 9.17) is 0 Å². The molecule has 1 saturated heterocycles. The maximum Gasteiger partial charge on any atom is 0.0174 e. The van der Waals surface area contributed by atoms with Crippen LogP contribution in [0.3, 0.4) is 0 Å². The molecule has 0 atom stereocenters. The molecule has 10 heavy (non-hydrogen) atoms. The lowest BCUT2D eigenvalue weighted by molar-refractivity contribution is 0.361. The fraction of sp³-hybridized carbons (Fsp3) is 0.778. The topological polar surface area (TPSA) is 3.24 Å². The Kier molecular flexibility index (Phi) is 2.79. The monoisotopic (exact) mass is 139 g/mol. The van der Waals surface area contributed by atoms with E-state index < -0.39 is 0 Å². The van der Waals surface area contributed by atoms with Crippen molar-refractivity contribution in [2.75, 3.05) is 13.1 Å². The fourth-order valence-corrected chi connectivity index (χ4v) is 1.45. The molecule has 1 fully saturated rings. The van der Waals surface area contributed by atoms with E-state index in [9.17, 15) is 0 Å². The van der Waals surface area contributed by atoms with Gasteiger partial charge in [0, 0.05) is 18.8 Å². The minimum Gasteiger partial charge on any atom is -0.376 e. The molecule has 58 valence electrons. The van der Waals surface area contributed by atoms with E-state index >= 15 is 0 Å². The van der Waals surface area contributed by atoms with Gasteiger partial charge in [0.15, 0.2) is 0 Å². The zero-order valence-corrected chi connectivity index (χ0v) is 6.90. The van der Waals surface area contributed by atoms with Crippen molar-refractivity contribution in [3.05, 3.63) is 12.3 Å². The van der Waals surface area contributed by atoms with Crippen molar-refractivity contribution in [1.29, 1.82) is 0 Å². The smallest absolute Gasteiger partial charge is 0.0174 e. The van der Waals surface area contributed by atoms with Gasteiger partial charge in [-0.1, -0.05) is 19.4 Å². The minimum absolute atomic E-state index is 1.23. The van der Waals surface area contributed by atoms with Gasteiger partial charge >= 0.3 is 0 Å². The third-order valence-corrected chi connectivity index (χ3v) is 2.15. The van der Waals surface area contributed by atoms with Crippen LogP contribution < -0.4 is 0 Å². The van der Waals surface area contributed by atoms with Crippen molar-refractivity contribution in [2.45, 2.75) is 32.6 Å². The van der Waals surface area contributed by atoms with E-state index in [1.54, 1.807) is 0 Å². The maximum atomic E-state index is 3.95. The molecule has 0 aromatic heterocycles. The normalized spacial score (nSPS) is 20.3. The van der Waals surface area contributed by atoms with Crippen molar-refractivity contribution in [3.8, 4) is 0 Å². The first-order valence-electron chi connectivity index (χ1n) is 4.21. The highest BCUT2D eigenvalue weighted by Crippen LogP contribution is 2.12. The molecule has 0 aromatic rings. The highest BCUT2D eigenvalue weighted by molar-refractivity contribution is 4.88. The van der Waals surface area contributed by atoms with E-state index in [0.717, 1.165) is 0 Å². The van der Waals surface area contributed by atoms with Crippen molar-refractivity contribution >= 4 is 0 Å². The minimum atomic E-state index is 1.23. The van der Waals surface area contributed by atoms with Gasteiger partial charge < -0.3 is 4.90 Å². The fourth-order valence-electron chi connectivity index (χ4n) is 1.45. The standard InChI is InChI=1S/C9H17N/c1-9(2)10-7-5-3-4-6-8-10/h1,3-8H2,2H3. The Labute approximate surface area is 63.7 Å². The summed E-state index contributed by atoms with van der Waals surface area (Å²) in [4.78, 5) is 2.40. The number of allylic oxidation sites excluding steroid dienone is 1. The molecule has 1 aliphatic heterocycles. The summed E-state index contributed by atoms with van der Waals surface area (Å²) in [6.45, 7) is 8.51. The summed E-state index contributed by atoms with van der Waals surface area (Å²) >= 11 is 0. The molecular weight excluding hydrogens is 122 g/mol. The van der Waals surface area contributed by atoms with Gasteiger partial charge in [-0.25, -0.2) is 0 Å². The molecule has 1 heteroatoms. The third kappa shape index (κ3) is 2.05. The van der Waals surface area contributed by atoms with Gasteiger partial charge in [-0.3, -0.25) is 0 Å². The van der Waals surface area contributed by atoms with E-state index in [2.05, 4.69) is 18.4 Å². The lowest BCUT2D eigenvalue weighted by atomic mass is 10.2.